The van der Waals surface area contributed by atoms with Crippen molar-refractivity contribution in [2.75, 3.05) is 31.1 Å². The van der Waals surface area contributed by atoms with Gasteiger partial charge < -0.3 is 9.42 Å². The number of aromatic nitrogens is 3. The number of nitrogens with zero attached hydrogens (tertiary/aromatic N) is 5. The lowest BCUT2D eigenvalue weighted by Crippen LogP contribution is -2.46. The van der Waals surface area contributed by atoms with E-state index in [1.54, 1.807) is 0 Å². The van der Waals surface area contributed by atoms with E-state index in [-0.39, 0.29) is 0 Å². The van der Waals surface area contributed by atoms with Crippen LogP contribution in [0.3, 0.4) is 0 Å². The fourth-order valence-electron chi connectivity index (χ4n) is 2.65. The highest BCUT2D eigenvalue weighted by Crippen LogP contribution is 2.17. The summed E-state index contributed by atoms with van der Waals surface area (Å²) in [7, 11) is 0. The van der Waals surface area contributed by atoms with Gasteiger partial charge in [0, 0.05) is 50.2 Å². The van der Waals surface area contributed by atoms with E-state index in [2.05, 4.69) is 24.9 Å². The molecule has 6 heteroatoms. The van der Waals surface area contributed by atoms with Crippen molar-refractivity contribution in [3.63, 3.8) is 0 Å². The van der Waals surface area contributed by atoms with E-state index in [1.165, 1.54) is 5.56 Å². The highest BCUT2D eigenvalue weighted by Gasteiger charge is 2.21. The van der Waals surface area contributed by atoms with E-state index in [9.17, 15) is 0 Å². The zero-order valence-electron chi connectivity index (χ0n) is 12.8. The van der Waals surface area contributed by atoms with Gasteiger partial charge in [-0.05, 0) is 26.8 Å². The Morgan fingerprint density at radius 3 is 2.52 bits per heavy atom. The van der Waals surface area contributed by atoms with E-state index in [0.29, 0.717) is 0 Å². The first kappa shape index (κ1) is 14.0. The number of piperazine rings is 1. The number of anilines is 1. The predicted octanol–water partition coefficient (Wildman–Crippen LogP) is 1.71. The average molecular weight is 287 g/mol. The van der Waals surface area contributed by atoms with Crippen LogP contribution in [-0.2, 0) is 6.54 Å². The maximum atomic E-state index is 5.23. The predicted molar refractivity (Wildman–Crippen MR) is 80.2 cm³/mol. The zero-order valence-corrected chi connectivity index (χ0v) is 12.8. The molecule has 0 atom stereocenters. The molecule has 0 aliphatic carbocycles. The van der Waals surface area contributed by atoms with Crippen LogP contribution in [0.4, 0.5) is 5.95 Å². The van der Waals surface area contributed by atoms with Gasteiger partial charge in [-0.15, -0.1) is 0 Å². The molecular formula is C15H21N5O. The second-order valence-corrected chi connectivity index (χ2v) is 5.56. The Morgan fingerprint density at radius 1 is 1.14 bits per heavy atom. The number of rotatable bonds is 3. The molecule has 1 saturated heterocycles. The van der Waals surface area contributed by atoms with Crippen molar-refractivity contribution in [1.82, 2.24) is 20.0 Å². The Kier molecular flexibility index (Phi) is 3.88. The van der Waals surface area contributed by atoms with Gasteiger partial charge in [0.05, 0.1) is 5.69 Å². The normalized spacial score (nSPS) is 16.4. The van der Waals surface area contributed by atoms with Crippen molar-refractivity contribution in [3.05, 3.63) is 35.0 Å². The summed E-state index contributed by atoms with van der Waals surface area (Å²) < 4.78 is 5.23. The zero-order chi connectivity index (χ0) is 14.8. The molecule has 2 aromatic rings. The second-order valence-electron chi connectivity index (χ2n) is 5.56. The lowest BCUT2D eigenvalue weighted by Gasteiger charge is -2.34. The smallest absolute Gasteiger partial charge is 0.225 e. The summed E-state index contributed by atoms with van der Waals surface area (Å²) in [6.45, 7) is 10.8. The Balaban J connectivity index is 1.60. The highest BCUT2D eigenvalue weighted by molar-refractivity contribution is 5.31. The maximum absolute atomic E-state index is 5.23. The van der Waals surface area contributed by atoms with Crippen LogP contribution in [0.5, 0.6) is 0 Å². The molecule has 0 spiro atoms. The SMILES string of the molecule is Cc1ccnc(N2CCN(Cc3c(C)noc3C)CC2)n1. The molecule has 3 heterocycles. The molecule has 112 valence electrons. The quantitative estimate of drug-likeness (QED) is 0.856. The van der Waals surface area contributed by atoms with Gasteiger partial charge >= 0.3 is 0 Å². The van der Waals surface area contributed by atoms with E-state index < -0.39 is 0 Å². The largest absolute Gasteiger partial charge is 0.361 e. The third-order valence-electron chi connectivity index (χ3n) is 4.00. The van der Waals surface area contributed by atoms with Crippen LogP contribution in [0.1, 0.15) is 22.7 Å². The third-order valence-corrected chi connectivity index (χ3v) is 4.00. The summed E-state index contributed by atoms with van der Waals surface area (Å²) in [5.74, 6) is 1.77. The molecule has 21 heavy (non-hydrogen) atoms. The van der Waals surface area contributed by atoms with Crippen LogP contribution in [0.15, 0.2) is 16.8 Å². The number of aryl methyl sites for hydroxylation is 3. The van der Waals surface area contributed by atoms with Crippen LogP contribution < -0.4 is 4.90 Å². The molecule has 0 bridgehead atoms. The number of hydrogen-bond acceptors (Lipinski definition) is 6. The fourth-order valence-corrected chi connectivity index (χ4v) is 2.65. The topological polar surface area (TPSA) is 58.3 Å². The molecule has 2 aromatic heterocycles. The average Bonchev–Trinajstić information content (AvgIpc) is 2.80. The van der Waals surface area contributed by atoms with Gasteiger partial charge in [-0.3, -0.25) is 4.90 Å². The Morgan fingerprint density at radius 2 is 1.90 bits per heavy atom. The van der Waals surface area contributed by atoms with Crippen LogP contribution in [0.2, 0.25) is 0 Å². The Hall–Kier alpha value is -1.95. The van der Waals surface area contributed by atoms with Gasteiger partial charge in [0.2, 0.25) is 5.95 Å². The van der Waals surface area contributed by atoms with E-state index in [1.807, 2.05) is 33.0 Å². The summed E-state index contributed by atoms with van der Waals surface area (Å²) in [4.78, 5) is 13.5. The van der Waals surface area contributed by atoms with Crippen molar-refractivity contribution in [1.29, 1.82) is 0 Å². The molecule has 1 aliphatic heterocycles. The van der Waals surface area contributed by atoms with Gasteiger partial charge in [-0.2, -0.15) is 0 Å². The van der Waals surface area contributed by atoms with Crippen LogP contribution in [-0.4, -0.2) is 46.2 Å². The summed E-state index contributed by atoms with van der Waals surface area (Å²) >= 11 is 0. The molecule has 0 radical (unpaired) electrons. The Bertz CT molecular complexity index is 597. The summed E-state index contributed by atoms with van der Waals surface area (Å²) in [6.07, 6.45) is 1.83. The standard InChI is InChI=1S/C15H21N5O/c1-11-4-5-16-15(17-11)20-8-6-19(7-9-20)10-14-12(2)18-21-13(14)3/h4-5H,6-10H2,1-3H3. The molecule has 0 amide bonds. The van der Waals surface area contributed by atoms with E-state index >= 15 is 0 Å². The highest BCUT2D eigenvalue weighted by atomic mass is 16.5. The molecule has 1 fully saturated rings. The molecule has 0 N–H and O–H groups in total. The first-order chi connectivity index (χ1) is 10.1. The molecule has 3 rings (SSSR count). The van der Waals surface area contributed by atoms with Gasteiger partial charge in [-0.1, -0.05) is 5.16 Å². The number of hydrogen-bond donors (Lipinski definition) is 0. The summed E-state index contributed by atoms with van der Waals surface area (Å²) in [6, 6.07) is 1.93. The summed E-state index contributed by atoms with van der Waals surface area (Å²) in [5.41, 5.74) is 3.23. The van der Waals surface area contributed by atoms with Crippen molar-refractivity contribution in [3.8, 4) is 0 Å². The monoisotopic (exact) mass is 287 g/mol. The van der Waals surface area contributed by atoms with Crippen LogP contribution >= 0.6 is 0 Å². The van der Waals surface area contributed by atoms with Gasteiger partial charge in [0.25, 0.3) is 0 Å². The van der Waals surface area contributed by atoms with E-state index in [0.717, 1.165) is 55.8 Å². The van der Waals surface area contributed by atoms with Crippen LogP contribution in [0.25, 0.3) is 0 Å². The van der Waals surface area contributed by atoms with Crippen LogP contribution in [0, 0.1) is 20.8 Å². The van der Waals surface area contributed by atoms with Crippen molar-refractivity contribution >= 4 is 5.95 Å². The molecule has 0 saturated carbocycles. The van der Waals surface area contributed by atoms with Crippen molar-refractivity contribution in [2.24, 2.45) is 0 Å². The Labute approximate surface area is 124 Å². The van der Waals surface area contributed by atoms with Crippen molar-refractivity contribution in [2.45, 2.75) is 27.3 Å². The first-order valence-electron chi connectivity index (χ1n) is 7.32. The fraction of sp³-hybridized carbons (Fsp3) is 0.533. The lowest BCUT2D eigenvalue weighted by molar-refractivity contribution is 0.246. The first-order valence-corrected chi connectivity index (χ1v) is 7.32. The minimum Gasteiger partial charge on any atom is -0.361 e. The van der Waals surface area contributed by atoms with Gasteiger partial charge in [0.15, 0.2) is 0 Å². The summed E-state index contributed by atoms with van der Waals surface area (Å²) in [5, 5.41) is 4.02. The van der Waals surface area contributed by atoms with Gasteiger partial charge in [0.1, 0.15) is 5.76 Å². The third kappa shape index (κ3) is 3.05. The van der Waals surface area contributed by atoms with Crippen molar-refractivity contribution < 1.29 is 4.52 Å². The van der Waals surface area contributed by atoms with Gasteiger partial charge in [-0.25, -0.2) is 9.97 Å². The van der Waals surface area contributed by atoms with E-state index in [4.69, 9.17) is 4.52 Å². The minimum absolute atomic E-state index is 0.840. The maximum Gasteiger partial charge on any atom is 0.225 e. The molecular weight excluding hydrogens is 266 g/mol. The lowest BCUT2D eigenvalue weighted by atomic mass is 10.2. The molecule has 0 aromatic carbocycles. The molecule has 0 unspecified atom stereocenters. The second kappa shape index (κ2) is 5.81. The minimum atomic E-state index is 0.840. The molecule has 6 nitrogen and oxygen atoms in total. The molecule has 1 aliphatic rings.